The molecule has 0 saturated heterocycles. The number of carbonyl (C=O) groups is 1. The van der Waals surface area contributed by atoms with Crippen molar-refractivity contribution >= 4 is 5.91 Å². The monoisotopic (exact) mass is 264 g/mol. The van der Waals surface area contributed by atoms with Gasteiger partial charge in [0.1, 0.15) is 12.4 Å². The second-order valence-corrected chi connectivity index (χ2v) is 5.82. The molecular weight excluding hydrogens is 240 g/mol. The highest BCUT2D eigenvalue weighted by Crippen LogP contribution is 2.18. The lowest BCUT2D eigenvalue weighted by molar-refractivity contribution is -0.129. The van der Waals surface area contributed by atoms with E-state index in [2.05, 4.69) is 23.7 Å². The molecule has 0 atom stereocenters. The van der Waals surface area contributed by atoms with Gasteiger partial charge in [0, 0.05) is 45.7 Å². The Bertz CT molecular complexity index is 462. The van der Waals surface area contributed by atoms with Crippen LogP contribution in [-0.2, 0) is 30.7 Å². The van der Waals surface area contributed by atoms with Crippen molar-refractivity contribution < 1.29 is 4.79 Å². The van der Waals surface area contributed by atoms with Gasteiger partial charge in [-0.1, -0.05) is 13.8 Å². The molecule has 19 heavy (non-hydrogen) atoms. The number of rotatable bonds is 4. The lowest BCUT2D eigenvalue weighted by Crippen LogP contribution is -2.30. The number of likely N-dealkylation sites (N-methyl/N-ethyl adjacent to an activating group) is 1. The van der Waals surface area contributed by atoms with Gasteiger partial charge in [-0.2, -0.15) is 0 Å². The maximum Gasteiger partial charge on any atom is 0.242 e. The first-order valence-electron chi connectivity index (χ1n) is 6.97. The van der Waals surface area contributed by atoms with Crippen molar-refractivity contribution in [1.82, 2.24) is 19.8 Å². The molecule has 0 spiro atoms. The Hall–Kier alpha value is -1.36. The molecule has 0 fully saturated rings. The van der Waals surface area contributed by atoms with Crippen molar-refractivity contribution in [1.29, 1.82) is 0 Å². The summed E-state index contributed by atoms with van der Waals surface area (Å²) in [7, 11) is 3.60. The normalized spacial score (nSPS) is 14.6. The van der Waals surface area contributed by atoms with Gasteiger partial charge in [-0.3, -0.25) is 4.79 Å². The van der Waals surface area contributed by atoms with Gasteiger partial charge in [-0.25, -0.2) is 4.98 Å². The maximum absolute atomic E-state index is 12.0. The number of hydrogen-bond donors (Lipinski definition) is 1. The van der Waals surface area contributed by atoms with Crippen LogP contribution in [0.2, 0.25) is 0 Å². The Balaban J connectivity index is 2.31. The van der Waals surface area contributed by atoms with Crippen LogP contribution in [-0.4, -0.2) is 41.0 Å². The quantitative estimate of drug-likeness (QED) is 0.876. The Morgan fingerprint density at radius 3 is 2.84 bits per heavy atom. The first-order valence-corrected chi connectivity index (χ1v) is 6.97. The molecule has 1 aliphatic heterocycles. The average Bonchev–Trinajstić information content (AvgIpc) is 2.66. The molecule has 1 amide bonds. The summed E-state index contributed by atoms with van der Waals surface area (Å²) >= 11 is 0. The molecule has 0 aromatic carbocycles. The Morgan fingerprint density at radius 1 is 1.47 bits per heavy atom. The molecule has 0 unspecified atom stereocenters. The zero-order chi connectivity index (χ0) is 14.0. The first-order chi connectivity index (χ1) is 8.99. The molecule has 1 aromatic heterocycles. The second-order valence-electron chi connectivity index (χ2n) is 5.82. The summed E-state index contributed by atoms with van der Waals surface area (Å²) in [5.74, 6) is 1.73. The van der Waals surface area contributed by atoms with Crippen LogP contribution in [0.3, 0.4) is 0 Å². The van der Waals surface area contributed by atoms with Gasteiger partial charge < -0.3 is 14.8 Å². The SMILES string of the molecule is CC(C)Cc1nc2c(n1CC(=O)N(C)C)CCNC2. The van der Waals surface area contributed by atoms with Crippen molar-refractivity contribution in [3.63, 3.8) is 0 Å². The summed E-state index contributed by atoms with van der Waals surface area (Å²) in [4.78, 5) is 18.4. The van der Waals surface area contributed by atoms with E-state index in [1.54, 1.807) is 19.0 Å². The summed E-state index contributed by atoms with van der Waals surface area (Å²) in [6, 6.07) is 0. The van der Waals surface area contributed by atoms with Crippen LogP contribution in [0.5, 0.6) is 0 Å². The van der Waals surface area contributed by atoms with Crippen molar-refractivity contribution in [3.05, 3.63) is 17.2 Å². The third-order valence-electron chi connectivity index (χ3n) is 3.45. The molecule has 2 heterocycles. The maximum atomic E-state index is 12.0. The number of imidazole rings is 1. The van der Waals surface area contributed by atoms with Crippen LogP contribution < -0.4 is 5.32 Å². The minimum absolute atomic E-state index is 0.128. The molecule has 1 N–H and O–H groups in total. The minimum Gasteiger partial charge on any atom is -0.347 e. The molecule has 0 radical (unpaired) electrons. The number of amides is 1. The highest BCUT2D eigenvalue weighted by molar-refractivity contribution is 5.75. The molecular formula is C14H24N4O. The fourth-order valence-electron chi connectivity index (χ4n) is 2.41. The minimum atomic E-state index is 0.128. The Labute approximate surface area is 115 Å². The zero-order valence-corrected chi connectivity index (χ0v) is 12.4. The van der Waals surface area contributed by atoms with Crippen LogP contribution in [0.1, 0.15) is 31.1 Å². The van der Waals surface area contributed by atoms with Gasteiger partial charge >= 0.3 is 0 Å². The molecule has 2 rings (SSSR count). The van der Waals surface area contributed by atoms with Crippen molar-refractivity contribution in [2.75, 3.05) is 20.6 Å². The van der Waals surface area contributed by atoms with E-state index >= 15 is 0 Å². The predicted molar refractivity (Wildman–Crippen MR) is 74.9 cm³/mol. The van der Waals surface area contributed by atoms with E-state index in [9.17, 15) is 4.79 Å². The van der Waals surface area contributed by atoms with Gasteiger partial charge in [-0.05, 0) is 5.92 Å². The third-order valence-corrected chi connectivity index (χ3v) is 3.45. The fourth-order valence-corrected chi connectivity index (χ4v) is 2.41. The van der Waals surface area contributed by atoms with E-state index in [0.29, 0.717) is 12.5 Å². The number of nitrogens with one attached hydrogen (secondary N) is 1. The lowest BCUT2D eigenvalue weighted by Gasteiger charge is -2.18. The Morgan fingerprint density at radius 2 is 2.21 bits per heavy atom. The molecule has 5 heteroatoms. The number of hydrogen-bond acceptors (Lipinski definition) is 3. The van der Waals surface area contributed by atoms with E-state index in [1.807, 2.05) is 0 Å². The lowest BCUT2D eigenvalue weighted by atomic mass is 10.1. The zero-order valence-electron chi connectivity index (χ0n) is 12.4. The van der Waals surface area contributed by atoms with E-state index < -0.39 is 0 Å². The summed E-state index contributed by atoms with van der Waals surface area (Å²) in [6.45, 7) is 6.57. The molecule has 5 nitrogen and oxygen atoms in total. The van der Waals surface area contributed by atoms with Crippen LogP contribution in [0.15, 0.2) is 0 Å². The molecule has 1 aliphatic rings. The fraction of sp³-hybridized carbons (Fsp3) is 0.714. The second kappa shape index (κ2) is 5.74. The van der Waals surface area contributed by atoms with E-state index in [0.717, 1.165) is 37.4 Å². The van der Waals surface area contributed by atoms with Crippen LogP contribution in [0.4, 0.5) is 0 Å². The number of carbonyl (C=O) groups excluding carboxylic acids is 1. The summed E-state index contributed by atoms with van der Waals surface area (Å²) < 4.78 is 2.14. The average molecular weight is 264 g/mol. The largest absolute Gasteiger partial charge is 0.347 e. The third kappa shape index (κ3) is 3.15. The molecule has 0 bridgehead atoms. The predicted octanol–water partition coefficient (Wildman–Crippen LogP) is 0.815. The van der Waals surface area contributed by atoms with Crippen LogP contribution in [0.25, 0.3) is 0 Å². The topological polar surface area (TPSA) is 50.2 Å². The highest BCUT2D eigenvalue weighted by Gasteiger charge is 2.21. The van der Waals surface area contributed by atoms with E-state index in [4.69, 9.17) is 4.98 Å². The van der Waals surface area contributed by atoms with E-state index in [-0.39, 0.29) is 5.91 Å². The first kappa shape index (κ1) is 14.1. The van der Waals surface area contributed by atoms with Gasteiger partial charge in [0.25, 0.3) is 0 Å². The summed E-state index contributed by atoms with van der Waals surface area (Å²) in [5, 5.41) is 3.34. The van der Waals surface area contributed by atoms with Crippen molar-refractivity contribution in [2.45, 2.75) is 39.8 Å². The van der Waals surface area contributed by atoms with Crippen LogP contribution in [0, 0.1) is 5.92 Å². The number of fused-ring (bicyclic) bond motifs is 1. The van der Waals surface area contributed by atoms with Gasteiger partial charge in [0.15, 0.2) is 0 Å². The van der Waals surface area contributed by atoms with Gasteiger partial charge in [-0.15, -0.1) is 0 Å². The number of nitrogens with zero attached hydrogens (tertiary/aromatic N) is 3. The van der Waals surface area contributed by atoms with E-state index in [1.165, 1.54) is 5.69 Å². The van der Waals surface area contributed by atoms with Crippen molar-refractivity contribution in [2.24, 2.45) is 5.92 Å². The molecule has 0 saturated carbocycles. The molecule has 106 valence electrons. The molecule has 0 aliphatic carbocycles. The standard InChI is InChI=1S/C14H24N4O/c1-10(2)7-13-16-11-8-15-6-5-12(11)18(13)9-14(19)17(3)4/h10,15H,5-9H2,1-4H3. The van der Waals surface area contributed by atoms with Crippen LogP contribution >= 0.6 is 0 Å². The van der Waals surface area contributed by atoms with Gasteiger partial charge in [0.05, 0.1) is 5.69 Å². The summed E-state index contributed by atoms with van der Waals surface area (Å²) in [6.07, 6.45) is 1.88. The number of aromatic nitrogens is 2. The highest BCUT2D eigenvalue weighted by atomic mass is 16.2. The smallest absolute Gasteiger partial charge is 0.242 e. The summed E-state index contributed by atoms with van der Waals surface area (Å²) in [5.41, 5.74) is 2.36. The van der Waals surface area contributed by atoms with Crippen molar-refractivity contribution in [3.8, 4) is 0 Å². The molecule has 1 aromatic rings. The van der Waals surface area contributed by atoms with Gasteiger partial charge in [0.2, 0.25) is 5.91 Å². The Kier molecular flexibility index (Phi) is 4.24.